The second-order valence-electron chi connectivity index (χ2n) is 14.4. The first-order valence-corrected chi connectivity index (χ1v) is 20.5. The third kappa shape index (κ3) is 23.3. The fraction of sp³-hybridized carbons (Fsp3) is 0.878. The average molecular weight is 712 g/mol. The van der Waals surface area contributed by atoms with Crippen molar-refractivity contribution in [3.8, 4) is 0 Å². The van der Waals surface area contributed by atoms with E-state index < -0.39 is 49.5 Å². The van der Waals surface area contributed by atoms with Crippen LogP contribution in [0.1, 0.15) is 174 Å². The number of aliphatic hydroxyl groups is 5. The molecule has 1 fully saturated rings. The van der Waals surface area contributed by atoms with Crippen LogP contribution in [-0.2, 0) is 14.3 Å². The highest BCUT2D eigenvalue weighted by atomic mass is 16.7. The molecule has 7 atom stereocenters. The van der Waals surface area contributed by atoms with Crippen molar-refractivity contribution in [3.05, 3.63) is 24.3 Å². The van der Waals surface area contributed by atoms with Gasteiger partial charge in [-0.1, -0.05) is 128 Å². The average Bonchev–Trinajstić information content (AvgIpc) is 3.11. The molecule has 1 rings (SSSR count). The second-order valence-corrected chi connectivity index (χ2v) is 14.4. The fourth-order valence-corrected chi connectivity index (χ4v) is 6.38. The van der Waals surface area contributed by atoms with Gasteiger partial charge in [0.1, 0.15) is 24.4 Å². The first-order chi connectivity index (χ1) is 24.3. The van der Waals surface area contributed by atoms with Crippen LogP contribution in [0, 0.1) is 0 Å². The minimum atomic E-state index is -1.56. The molecule has 9 nitrogen and oxygen atoms in total. The summed E-state index contributed by atoms with van der Waals surface area (Å²) < 4.78 is 11.2. The Morgan fingerprint density at radius 3 is 1.62 bits per heavy atom. The number of carbonyl (C=O) groups excluding carboxylic acids is 1. The first kappa shape index (κ1) is 46.7. The van der Waals surface area contributed by atoms with Crippen LogP contribution >= 0.6 is 0 Å². The van der Waals surface area contributed by atoms with Gasteiger partial charge < -0.3 is 40.3 Å². The number of hydrogen-bond donors (Lipinski definition) is 6. The SMILES string of the molecule is CCCCCCCC/C=C/CCCCCCCC(=O)N[C@@H](CO[C@H]1O[C@@H](CO)[C@H](O)C(O)C1O)[C@H](O)CCCC/C=C/CCCCCCCC. The third-order valence-electron chi connectivity index (χ3n) is 9.78. The number of aliphatic hydroxyl groups excluding tert-OH is 5. The lowest BCUT2D eigenvalue weighted by molar-refractivity contribution is -0.302. The van der Waals surface area contributed by atoms with E-state index in [2.05, 4.69) is 43.5 Å². The maximum absolute atomic E-state index is 12.9. The van der Waals surface area contributed by atoms with Crippen molar-refractivity contribution in [1.82, 2.24) is 5.32 Å². The smallest absolute Gasteiger partial charge is 0.220 e. The molecule has 50 heavy (non-hydrogen) atoms. The van der Waals surface area contributed by atoms with E-state index in [-0.39, 0.29) is 12.5 Å². The first-order valence-electron chi connectivity index (χ1n) is 20.5. The van der Waals surface area contributed by atoms with Gasteiger partial charge in [0.15, 0.2) is 6.29 Å². The monoisotopic (exact) mass is 712 g/mol. The molecule has 0 aromatic carbocycles. The molecule has 1 amide bonds. The summed E-state index contributed by atoms with van der Waals surface area (Å²) in [7, 11) is 0. The molecule has 0 aromatic heterocycles. The number of hydrogen-bond acceptors (Lipinski definition) is 8. The Hall–Kier alpha value is -1.33. The summed E-state index contributed by atoms with van der Waals surface area (Å²) in [5, 5.41) is 54.1. The van der Waals surface area contributed by atoms with E-state index in [1.165, 1.54) is 83.5 Å². The third-order valence-corrected chi connectivity index (χ3v) is 9.78. The lowest BCUT2D eigenvalue weighted by Gasteiger charge is -2.40. The number of ether oxygens (including phenoxy) is 2. The van der Waals surface area contributed by atoms with Crippen molar-refractivity contribution in [2.45, 2.75) is 217 Å². The molecular weight excluding hydrogens is 634 g/mol. The second kappa shape index (κ2) is 32.3. The molecule has 1 aliphatic heterocycles. The van der Waals surface area contributed by atoms with Crippen molar-refractivity contribution >= 4 is 5.91 Å². The minimum Gasteiger partial charge on any atom is -0.394 e. The van der Waals surface area contributed by atoms with Crippen LogP contribution in [-0.4, -0.2) is 87.5 Å². The lowest BCUT2D eigenvalue weighted by atomic mass is 9.99. The highest BCUT2D eigenvalue weighted by molar-refractivity contribution is 5.76. The van der Waals surface area contributed by atoms with Crippen molar-refractivity contribution < 1.29 is 39.8 Å². The maximum Gasteiger partial charge on any atom is 0.220 e. The van der Waals surface area contributed by atoms with Crippen LogP contribution in [0.4, 0.5) is 0 Å². The van der Waals surface area contributed by atoms with Crippen molar-refractivity contribution in [2.75, 3.05) is 13.2 Å². The van der Waals surface area contributed by atoms with Crippen LogP contribution in [0.15, 0.2) is 24.3 Å². The molecular formula is C41H77NO8. The topological polar surface area (TPSA) is 149 Å². The molecule has 0 saturated carbocycles. The van der Waals surface area contributed by atoms with E-state index in [0.717, 1.165) is 64.2 Å². The molecule has 2 unspecified atom stereocenters. The van der Waals surface area contributed by atoms with Gasteiger partial charge in [0.05, 0.1) is 25.4 Å². The van der Waals surface area contributed by atoms with Gasteiger partial charge in [0, 0.05) is 6.42 Å². The van der Waals surface area contributed by atoms with Gasteiger partial charge in [-0.15, -0.1) is 0 Å². The fourth-order valence-electron chi connectivity index (χ4n) is 6.38. The Morgan fingerprint density at radius 2 is 1.12 bits per heavy atom. The maximum atomic E-state index is 12.9. The van der Waals surface area contributed by atoms with Gasteiger partial charge in [0.25, 0.3) is 0 Å². The van der Waals surface area contributed by atoms with Gasteiger partial charge in [-0.25, -0.2) is 0 Å². The summed E-state index contributed by atoms with van der Waals surface area (Å²) in [5.74, 6) is -0.165. The van der Waals surface area contributed by atoms with Crippen LogP contribution in [0.25, 0.3) is 0 Å². The molecule has 0 aliphatic carbocycles. The summed E-state index contributed by atoms with van der Waals surface area (Å²) in [5.41, 5.74) is 0. The molecule has 294 valence electrons. The summed E-state index contributed by atoms with van der Waals surface area (Å²) in [6.45, 7) is 3.77. The van der Waals surface area contributed by atoms with E-state index in [1.54, 1.807) is 0 Å². The Kier molecular flexibility index (Phi) is 30.2. The molecule has 0 bridgehead atoms. The van der Waals surface area contributed by atoms with Crippen molar-refractivity contribution in [2.24, 2.45) is 0 Å². The Bertz CT molecular complexity index is 837. The summed E-state index contributed by atoms with van der Waals surface area (Å²) in [6, 6.07) is -0.735. The Labute approximate surface area is 305 Å². The predicted octanol–water partition coefficient (Wildman–Crippen LogP) is 7.55. The largest absolute Gasteiger partial charge is 0.394 e. The predicted molar refractivity (Wildman–Crippen MR) is 203 cm³/mol. The number of allylic oxidation sites excluding steroid dienone is 4. The number of nitrogens with one attached hydrogen (secondary N) is 1. The van der Waals surface area contributed by atoms with Gasteiger partial charge in [-0.3, -0.25) is 4.79 Å². The standard InChI is InChI=1S/C41H77NO8/c1-3-5-7-9-11-13-15-17-18-19-21-23-25-27-29-31-37(45)42-34(33-49-41-40(48)39(47)38(46)36(32-43)50-41)35(44)30-28-26-24-22-20-16-14-12-10-8-6-4-2/h17-18,20,22,34-36,38-41,43-44,46-48H,3-16,19,21,23-33H2,1-2H3,(H,42,45)/b18-17+,22-20+/t34-,35+,36-,38-,39?,40?,41-/m0/s1. The van der Waals surface area contributed by atoms with Gasteiger partial charge >= 0.3 is 0 Å². The van der Waals surface area contributed by atoms with Crippen LogP contribution in [0.2, 0.25) is 0 Å². The van der Waals surface area contributed by atoms with E-state index >= 15 is 0 Å². The molecule has 0 radical (unpaired) electrons. The number of rotatable bonds is 33. The number of carbonyl (C=O) groups is 1. The Morgan fingerprint density at radius 1 is 0.660 bits per heavy atom. The molecule has 0 spiro atoms. The summed E-state index contributed by atoms with van der Waals surface area (Å²) >= 11 is 0. The van der Waals surface area contributed by atoms with E-state index in [0.29, 0.717) is 12.8 Å². The molecule has 9 heteroatoms. The molecule has 6 N–H and O–H groups in total. The number of unbranched alkanes of at least 4 members (excludes halogenated alkanes) is 19. The summed E-state index contributed by atoms with van der Waals surface area (Å²) in [4.78, 5) is 12.9. The zero-order chi connectivity index (χ0) is 36.7. The summed E-state index contributed by atoms with van der Waals surface area (Å²) in [6.07, 6.45) is 29.0. The Balaban J connectivity index is 2.41. The normalized spacial score (nSPS) is 22.4. The molecule has 1 saturated heterocycles. The van der Waals surface area contributed by atoms with Gasteiger partial charge in [-0.2, -0.15) is 0 Å². The lowest BCUT2D eigenvalue weighted by Crippen LogP contribution is -2.60. The van der Waals surface area contributed by atoms with Crippen LogP contribution < -0.4 is 5.32 Å². The zero-order valence-corrected chi connectivity index (χ0v) is 31.9. The quantitative estimate of drug-likeness (QED) is 0.0302. The molecule has 1 aliphatic rings. The van der Waals surface area contributed by atoms with Crippen LogP contribution in [0.3, 0.4) is 0 Å². The highest BCUT2D eigenvalue weighted by Crippen LogP contribution is 2.23. The van der Waals surface area contributed by atoms with Gasteiger partial charge in [-0.05, 0) is 64.2 Å². The van der Waals surface area contributed by atoms with Crippen LogP contribution in [0.5, 0.6) is 0 Å². The van der Waals surface area contributed by atoms with Crippen molar-refractivity contribution in [1.29, 1.82) is 0 Å². The number of amides is 1. The van der Waals surface area contributed by atoms with E-state index in [1.807, 2.05) is 0 Å². The highest BCUT2D eigenvalue weighted by Gasteiger charge is 2.44. The van der Waals surface area contributed by atoms with Gasteiger partial charge in [0.2, 0.25) is 5.91 Å². The van der Waals surface area contributed by atoms with Crippen molar-refractivity contribution in [3.63, 3.8) is 0 Å². The zero-order valence-electron chi connectivity index (χ0n) is 31.9. The minimum absolute atomic E-state index is 0.153. The molecule has 1 heterocycles. The van der Waals surface area contributed by atoms with E-state index in [4.69, 9.17) is 9.47 Å². The van der Waals surface area contributed by atoms with E-state index in [9.17, 15) is 30.3 Å². The molecule has 0 aromatic rings.